The molecule has 0 radical (unpaired) electrons. The lowest BCUT2D eigenvalue weighted by Gasteiger charge is -2.33. The number of carbonyl (C=O) groups excluding carboxylic acids is 5. The average molecular weight is 861 g/mol. The monoisotopic (exact) mass is 858 g/mol. The van der Waals surface area contributed by atoms with E-state index in [1.165, 1.54) is 20.8 Å². The first-order chi connectivity index (χ1) is 23.0. The molecule has 0 aliphatic carbocycles. The molecule has 0 saturated heterocycles. The second kappa shape index (κ2) is 17.8. The maximum absolute atomic E-state index is 12.7. The molecule has 10 nitrogen and oxygen atoms in total. The summed E-state index contributed by atoms with van der Waals surface area (Å²) in [6, 6.07) is 7.33. The molecule has 14 heteroatoms. The Morgan fingerprint density at radius 3 is 1.50 bits per heavy atom. The molecule has 0 saturated carbocycles. The minimum atomic E-state index is -0.562. The van der Waals surface area contributed by atoms with Crippen LogP contribution in [0.2, 0.25) is 10.0 Å². The van der Waals surface area contributed by atoms with Crippen LogP contribution in [0.25, 0.3) is 11.1 Å². The Labute approximate surface area is 319 Å². The molecule has 3 N–H and O–H groups in total. The highest BCUT2D eigenvalue weighted by Crippen LogP contribution is 2.39. The van der Waals surface area contributed by atoms with Crippen molar-refractivity contribution in [2.45, 2.75) is 99.1 Å². The zero-order valence-corrected chi connectivity index (χ0v) is 34.1. The number of aryl methyl sites for hydroxylation is 2. The summed E-state index contributed by atoms with van der Waals surface area (Å²) in [6.45, 7) is 15.2. The summed E-state index contributed by atoms with van der Waals surface area (Å²) in [5.41, 5.74) is 2.80. The molecule has 2 amide bonds. The second-order valence-corrected chi connectivity index (χ2v) is 15.5. The van der Waals surface area contributed by atoms with Gasteiger partial charge in [-0.05, 0) is 75.9 Å². The van der Waals surface area contributed by atoms with Crippen molar-refractivity contribution in [3.63, 3.8) is 0 Å². The Kier molecular flexibility index (Phi) is 15.3. The van der Waals surface area contributed by atoms with E-state index in [1.54, 1.807) is 12.1 Å². The van der Waals surface area contributed by atoms with Crippen LogP contribution in [0.1, 0.15) is 97.4 Å². The maximum Gasteiger partial charge on any atom is 0.310 e. The Bertz CT molecular complexity index is 1750. The number of hydrogen-bond acceptors (Lipinski definition) is 8. The van der Waals surface area contributed by atoms with Gasteiger partial charge in [0.15, 0.2) is 0 Å². The van der Waals surface area contributed by atoms with Gasteiger partial charge in [-0.3, -0.25) is 24.0 Å². The third-order valence-corrected chi connectivity index (χ3v) is 8.74. The lowest BCUT2D eigenvalue weighted by atomic mass is 9.87. The van der Waals surface area contributed by atoms with Gasteiger partial charge in [-0.25, -0.2) is 0 Å². The predicted octanol–water partition coefficient (Wildman–Crippen LogP) is 8.57. The van der Waals surface area contributed by atoms with Crippen LogP contribution in [0.3, 0.4) is 0 Å². The zero-order valence-electron chi connectivity index (χ0n) is 29.5. The summed E-state index contributed by atoms with van der Waals surface area (Å²) in [4.78, 5) is 56.1. The molecule has 2 heterocycles. The highest BCUT2D eigenvalue weighted by atomic mass is 79.9. The fraction of sp³-hybridized carbons (Fsp3) is 0.417. The fourth-order valence-electron chi connectivity index (χ4n) is 5.43. The minimum absolute atomic E-state index is 0.0951. The van der Waals surface area contributed by atoms with E-state index in [0.29, 0.717) is 57.3 Å². The molecule has 0 unspecified atom stereocenters. The van der Waals surface area contributed by atoms with Gasteiger partial charge < -0.3 is 25.2 Å². The Balaban J connectivity index is 0.000000294. The Morgan fingerprint density at radius 2 is 1.14 bits per heavy atom. The number of aliphatic hydroxyl groups is 1. The normalized spacial score (nSPS) is 16.2. The van der Waals surface area contributed by atoms with E-state index >= 15 is 0 Å². The molecule has 0 fully saturated rings. The smallest absolute Gasteiger partial charge is 0.310 e. The van der Waals surface area contributed by atoms with Crippen molar-refractivity contribution in [1.82, 2.24) is 10.6 Å². The number of aliphatic hydroxyl groups excluding tert-OH is 1. The van der Waals surface area contributed by atoms with Crippen molar-refractivity contribution in [3.8, 4) is 0 Å². The molecular weight excluding hydrogens is 819 g/mol. The molecular formula is C36H42Br2Cl2N2O8. The van der Waals surface area contributed by atoms with E-state index in [-0.39, 0.29) is 17.6 Å². The lowest BCUT2D eigenvalue weighted by Crippen LogP contribution is -2.48. The number of esters is 3. The van der Waals surface area contributed by atoms with Crippen molar-refractivity contribution >= 4 is 95.9 Å². The van der Waals surface area contributed by atoms with Crippen molar-refractivity contribution in [1.29, 1.82) is 0 Å². The van der Waals surface area contributed by atoms with Gasteiger partial charge in [0.25, 0.3) is 11.8 Å². The summed E-state index contributed by atoms with van der Waals surface area (Å²) in [7, 11) is 0. The topological polar surface area (TPSA) is 148 Å². The molecule has 0 aromatic heterocycles. The first-order valence-corrected chi connectivity index (χ1v) is 18.0. The quantitative estimate of drug-likeness (QED) is 0.200. The van der Waals surface area contributed by atoms with Crippen molar-refractivity contribution in [2.24, 2.45) is 0 Å². The number of ether oxygens (including phenoxy) is 2. The fourth-order valence-corrected chi connectivity index (χ4v) is 7.37. The van der Waals surface area contributed by atoms with Gasteiger partial charge in [0.05, 0.1) is 21.2 Å². The van der Waals surface area contributed by atoms with E-state index in [0.717, 1.165) is 26.5 Å². The van der Waals surface area contributed by atoms with Gasteiger partial charge in [-0.1, -0.05) is 68.9 Å². The van der Waals surface area contributed by atoms with E-state index < -0.39 is 29.0 Å². The number of benzene rings is 2. The molecule has 2 aromatic rings. The largest absolute Gasteiger partial charge is 0.511 e. The molecule has 2 aromatic carbocycles. The van der Waals surface area contributed by atoms with Gasteiger partial charge in [0.1, 0.15) is 11.5 Å². The summed E-state index contributed by atoms with van der Waals surface area (Å²) in [5, 5.41) is 17.0. The highest BCUT2D eigenvalue weighted by molar-refractivity contribution is 9.10. The Morgan fingerprint density at radius 1 is 0.740 bits per heavy atom. The van der Waals surface area contributed by atoms with Crippen LogP contribution in [0.15, 0.2) is 44.7 Å². The van der Waals surface area contributed by atoms with Crippen LogP contribution < -0.4 is 10.6 Å². The molecule has 2 aliphatic heterocycles. The number of halogens is 4. The third kappa shape index (κ3) is 12.0. The number of amides is 2. The van der Waals surface area contributed by atoms with Crippen molar-refractivity contribution < 1.29 is 38.6 Å². The molecule has 0 spiro atoms. The highest BCUT2D eigenvalue weighted by Gasteiger charge is 2.37. The molecule has 0 atom stereocenters. The third-order valence-electron chi connectivity index (χ3n) is 7.23. The van der Waals surface area contributed by atoms with Gasteiger partial charge in [-0.2, -0.15) is 0 Å². The SMILES string of the molecule is CC(=O)OC(C)=O.CCc1cc(Br)cc(Cl)c1C1=C(O)CC(C)(C)NC1=O.CCc1cc(Br)cc(Cl)c1C1=C(OC(C)=O)CC(C)(C)NC1=O. The molecule has 2 aliphatic rings. The predicted molar refractivity (Wildman–Crippen MR) is 201 cm³/mol. The van der Waals surface area contributed by atoms with Crippen LogP contribution in [-0.4, -0.2) is 45.9 Å². The maximum atomic E-state index is 12.7. The van der Waals surface area contributed by atoms with Crippen LogP contribution in [0.5, 0.6) is 0 Å². The van der Waals surface area contributed by atoms with E-state index in [1.807, 2.05) is 53.7 Å². The average Bonchev–Trinajstić information content (AvgIpc) is 2.92. The van der Waals surface area contributed by atoms with Gasteiger partial charge in [-0.15, -0.1) is 0 Å². The Hall–Kier alpha value is -3.19. The van der Waals surface area contributed by atoms with Crippen molar-refractivity contribution in [3.05, 3.63) is 77.0 Å². The van der Waals surface area contributed by atoms with Crippen molar-refractivity contribution in [2.75, 3.05) is 0 Å². The zero-order chi connectivity index (χ0) is 38.3. The summed E-state index contributed by atoms with van der Waals surface area (Å²) >= 11 is 19.5. The van der Waals surface area contributed by atoms with Gasteiger partial charge in [0.2, 0.25) is 0 Å². The number of nitrogens with one attached hydrogen (secondary N) is 2. The van der Waals surface area contributed by atoms with Crippen LogP contribution in [0.4, 0.5) is 0 Å². The molecule has 272 valence electrons. The first-order valence-electron chi connectivity index (χ1n) is 15.7. The summed E-state index contributed by atoms with van der Waals surface area (Å²) in [6.07, 6.45) is 2.23. The number of carbonyl (C=O) groups is 5. The lowest BCUT2D eigenvalue weighted by molar-refractivity contribution is -0.156. The molecule has 0 bridgehead atoms. The van der Waals surface area contributed by atoms with Crippen LogP contribution in [-0.2, 0) is 46.3 Å². The van der Waals surface area contributed by atoms with E-state index in [4.69, 9.17) is 27.9 Å². The summed E-state index contributed by atoms with van der Waals surface area (Å²) in [5.74, 6) is -1.67. The van der Waals surface area contributed by atoms with Gasteiger partial charge >= 0.3 is 17.9 Å². The van der Waals surface area contributed by atoms with Crippen LogP contribution >= 0.6 is 55.1 Å². The number of rotatable bonds is 5. The number of hydrogen-bond donors (Lipinski definition) is 3. The van der Waals surface area contributed by atoms with Crippen LogP contribution in [0, 0.1) is 0 Å². The summed E-state index contributed by atoms with van der Waals surface area (Å²) < 4.78 is 11.0. The van der Waals surface area contributed by atoms with E-state index in [2.05, 4.69) is 47.2 Å². The first kappa shape index (κ1) is 43.0. The minimum Gasteiger partial charge on any atom is -0.511 e. The standard InChI is InChI=1S/C17H19BrClNO3.C15H17BrClNO2.C4H6O3/c1-5-10-6-11(18)7-12(19)14(10)15-13(23-9(2)21)8-17(3,4)20-16(15)22;1-4-8-5-9(16)6-10(17)12(8)13-11(19)7-15(2,3)18-14(13)20;1-3(5)7-4(2)6/h6-7H,5,8H2,1-4H3,(H,20,22);5-6,19H,4,7H2,1-3H3,(H,18,20);1-2H3. The molecule has 4 rings (SSSR count). The van der Waals surface area contributed by atoms with E-state index in [9.17, 15) is 29.1 Å². The second-order valence-electron chi connectivity index (χ2n) is 12.9. The molecule has 50 heavy (non-hydrogen) atoms. The van der Waals surface area contributed by atoms with Gasteiger partial charge in [0, 0.05) is 64.8 Å².